The zero-order chi connectivity index (χ0) is 16.5. The molecular weight excluding hydrogens is 288 g/mol. The van der Waals surface area contributed by atoms with Gasteiger partial charge in [0, 0.05) is 13.2 Å². The van der Waals surface area contributed by atoms with Gasteiger partial charge in [0.1, 0.15) is 0 Å². The Kier molecular flexibility index (Phi) is 8.37. The third-order valence-electron chi connectivity index (χ3n) is 4.56. The first-order chi connectivity index (χ1) is 10.3. The van der Waals surface area contributed by atoms with Gasteiger partial charge in [-0.3, -0.25) is 0 Å². The Labute approximate surface area is 138 Å². The van der Waals surface area contributed by atoms with Gasteiger partial charge in [-0.15, -0.1) is 0 Å². The molecule has 1 rings (SSSR count). The Morgan fingerprint density at radius 1 is 0.864 bits per heavy atom. The van der Waals surface area contributed by atoms with Gasteiger partial charge in [0.05, 0.1) is 6.61 Å². The van der Waals surface area contributed by atoms with Gasteiger partial charge in [-0.05, 0) is 36.5 Å². The fourth-order valence-electron chi connectivity index (χ4n) is 1.97. The predicted molar refractivity (Wildman–Crippen MR) is 97.7 cm³/mol. The van der Waals surface area contributed by atoms with E-state index in [4.69, 9.17) is 9.16 Å². The predicted octanol–water partition coefficient (Wildman–Crippen LogP) is 5.79. The van der Waals surface area contributed by atoms with E-state index in [0.29, 0.717) is 5.04 Å². The van der Waals surface area contributed by atoms with E-state index < -0.39 is 8.32 Å². The minimum atomic E-state index is -1.55. The molecule has 0 atom stereocenters. The molecule has 22 heavy (non-hydrogen) atoms. The van der Waals surface area contributed by atoms with Crippen LogP contribution in [0.5, 0.6) is 0 Å². The SMILES string of the molecule is CC(C)(C)[Si](C)(C)OCCCCCCOCc1ccccc1. The Bertz CT molecular complexity index is 396. The normalized spacial score (nSPS) is 12.6. The van der Waals surface area contributed by atoms with E-state index in [9.17, 15) is 0 Å². The van der Waals surface area contributed by atoms with Crippen LogP contribution in [0.25, 0.3) is 0 Å². The van der Waals surface area contributed by atoms with E-state index in [1.807, 2.05) is 6.07 Å². The summed E-state index contributed by atoms with van der Waals surface area (Å²) in [5, 5.41) is 0.318. The quantitative estimate of drug-likeness (QED) is 0.401. The van der Waals surface area contributed by atoms with Crippen LogP contribution in [0.2, 0.25) is 18.1 Å². The molecule has 0 bridgehead atoms. The summed E-state index contributed by atoms with van der Waals surface area (Å²) in [7, 11) is -1.55. The average molecular weight is 323 g/mol. The number of ether oxygens (including phenoxy) is 1. The van der Waals surface area contributed by atoms with E-state index in [1.54, 1.807) is 0 Å². The second-order valence-corrected chi connectivity index (χ2v) is 12.4. The van der Waals surface area contributed by atoms with Gasteiger partial charge in [-0.1, -0.05) is 63.9 Å². The molecule has 1 aromatic rings. The number of unbranched alkanes of at least 4 members (excludes halogenated alkanes) is 3. The van der Waals surface area contributed by atoms with Crippen molar-refractivity contribution in [2.24, 2.45) is 0 Å². The standard InChI is InChI=1S/C19H34O2Si/c1-19(2,3)22(4,5)21-16-12-7-6-11-15-20-17-18-13-9-8-10-14-18/h8-10,13-14H,6-7,11-12,15-17H2,1-5H3. The van der Waals surface area contributed by atoms with Crippen LogP contribution in [0.3, 0.4) is 0 Å². The molecule has 0 aliphatic carbocycles. The maximum Gasteiger partial charge on any atom is 0.191 e. The van der Waals surface area contributed by atoms with Crippen LogP contribution in [-0.2, 0) is 15.8 Å². The molecule has 0 aliphatic rings. The summed E-state index contributed by atoms with van der Waals surface area (Å²) in [6.07, 6.45) is 4.79. The summed E-state index contributed by atoms with van der Waals surface area (Å²) < 4.78 is 11.9. The number of benzene rings is 1. The lowest BCUT2D eigenvalue weighted by molar-refractivity contribution is 0.116. The molecule has 0 saturated heterocycles. The fraction of sp³-hybridized carbons (Fsp3) is 0.684. The molecule has 0 fully saturated rings. The Morgan fingerprint density at radius 2 is 1.45 bits per heavy atom. The lowest BCUT2D eigenvalue weighted by atomic mass is 10.2. The highest BCUT2D eigenvalue weighted by Crippen LogP contribution is 2.36. The van der Waals surface area contributed by atoms with E-state index in [2.05, 4.69) is 58.1 Å². The third kappa shape index (κ3) is 7.57. The second kappa shape index (κ2) is 9.49. The molecule has 0 radical (unpaired) electrons. The Balaban J connectivity index is 1.96. The molecule has 0 saturated carbocycles. The third-order valence-corrected chi connectivity index (χ3v) is 9.10. The van der Waals surface area contributed by atoms with Crippen molar-refractivity contribution in [2.75, 3.05) is 13.2 Å². The van der Waals surface area contributed by atoms with Crippen molar-refractivity contribution in [3.05, 3.63) is 35.9 Å². The van der Waals surface area contributed by atoms with Crippen LogP contribution in [0.15, 0.2) is 30.3 Å². The lowest BCUT2D eigenvalue weighted by Crippen LogP contribution is -2.40. The van der Waals surface area contributed by atoms with Crippen molar-refractivity contribution in [3.8, 4) is 0 Å². The van der Waals surface area contributed by atoms with Crippen molar-refractivity contribution in [1.29, 1.82) is 0 Å². The topological polar surface area (TPSA) is 18.5 Å². The van der Waals surface area contributed by atoms with Crippen molar-refractivity contribution in [2.45, 2.75) is 71.2 Å². The maximum atomic E-state index is 6.19. The first-order valence-corrected chi connectivity index (χ1v) is 11.5. The smallest absolute Gasteiger partial charge is 0.191 e. The number of rotatable bonds is 10. The minimum Gasteiger partial charge on any atom is -0.417 e. The van der Waals surface area contributed by atoms with E-state index in [0.717, 1.165) is 26.2 Å². The van der Waals surface area contributed by atoms with Gasteiger partial charge in [0.25, 0.3) is 0 Å². The molecule has 0 N–H and O–H groups in total. The largest absolute Gasteiger partial charge is 0.417 e. The molecule has 0 amide bonds. The number of hydrogen-bond acceptors (Lipinski definition) is 2. The molecule has 3 heteroatoms. The lowest BCUT2D eigenvalue weighted by Gasteiger charge is -2.36. The molecule has 126 valence electrons. The molecule has 0 aliphatic heterocycles. The van der Waals surface area contributed by atoms with Crippen LogP contribution < -0.4 is 0 Å². The molecule has 2 nitrogen and oxygen atoms in total. The summed E-state index contributed by atoms with van der Waals surface area (Å²) >= 11 is 0. The van der Waals surface area contributed by atoms with E-state index >= 15 is 0 Å². The highest BCUT2D eigenvalue weighted by molar-refractivity contribution is 6.74. The highest BCUT2D eigenvalue weighted by atomic mass is 28.4. The van der Waals surface area contributed by atoms with Crippen molar-refractivity contribution < 1.29 is 9.16 Å². The summed E-state index contributed by atoms with van der Waals surface area (Å²) in [4.78, 5) is 0. The van der Waals surface area contributed by atoms with Crippen LogP contribution in [0, 0.1) is 0 Å². The van der Waals surface area contributed by atoms with Crippen LogP contribution >= 0.6 is 0 Å². The van der Waals surface area contributed by atoms with Gasteiger partial charge >= 0.3 is 0 Å². The van der Waals surface area contributed by atoms with Crippen molar-refractivity contribution >= 4 is 8.32 Å². The van der Waals surface area contributed by atoms with Gasteiger partial charge in [0.2, 0.25) is 0 Å². The van der Waals surface area contributed by atoms with Crippen molar-refractivity contribution in [1.82, 2.24) is 0 Å². The molecule has 0 aromatic heterocycles. The monoisotopic (exact) mass is 322 g/mol. The highest BCUT2D eigenvalue weighted by Gasteiger charge is 2.36. The summed E-state index contributed by atoms with van der Waals surface area (Å²) in [5.41, 5.74) is 1.25. The zero-order valence-corrected chi connectivity index (χ0v) is 16.2. The van der Waals surface area contributed by atoms with Gasteiger partial charge in [0.15, 0.2) is 8.32 Å². The number of hydrogen-bond donors (Lipinski definition) is 0. The summed E-state index contributed by atoms with van der Waals surface area (Å²) in [6.45, 7) is 14.0. The summed E-state index contributed by atoms with van der Waals surface area (Å²) in [5.74, 6) is 0. The molecule has 0 unspecified atom stereocenters. The second-order valence-electron chi connectivity index (χ2n) is 7.56. The molecular formula is C19H34O2Si. The maximum absolute atomic E-state index is 6.19. The van der Waals surface area contributed by atoms with Gasteiger partial charge < -0.3 is 9.16 Å². The minimum absolute atomic E-state index is 0.318. The summed E-state index contributed by atoms with van der Waals surface area (Å²) in [6, 6.07) is 10.4. The van der Waals surface area contributed by atoms with Gasteiger partial charge in [-0.25, -0.2) is 0 Å². The fourth-order valence-corrected chi connectivity index (χ4v) is 3.06. The molecule has 0 spiro atoms. The Morgan fingerprint density at radius 3 is 2.05 bits per heavy atom. The average Bonchev–Trinajstić information content (AvgIpc) is 2.45. The van der Waals surface area contributed by atoms with Gasteiger partial charge in [-0.2, -0.15) is 0 Å². The van der Waals surface area contributed by atoms with Crippen LogP contribution in [0.1, 0.15) is 52.0 Å². The van der Waals surface area contributed by atoms with Crippen molar-refractivity contribution in [3.63, 3.8) is 0 Å². The van der Waals surface area contributed by atoms with Crippen LogP contribution in [-0.4, -0.2) is 21.5 Å². The van der Waals surface area contributed by atoms with E-state index in [-0.39, 0.29) is 0 Å². The first kappa shape index (κ1) is 19.4. The zero-order valence-electron chi connectivity index (χ0n) is 15.2. The molecule has 0 heterocycles. The molecule has 1 aromatic carbocycles. The Hall–Kier alpha value is -0.643. The first-order valence-electron chi connectivity index (χ1n) is 8.58. The van der Waals surface area contributed by atoms with E-state index in [1.165, 1.54) is 24.8 Å². The van der Waals surface area contributed by atoms with Crippen LogP contribution in [0.4, 0.5) is 0 Å².